The van der Waals surface area contributed by atoms with E-state index in [-0.39, 0.29) is 6.04 Å². The van der Waals surface area contributed by atoms with E-state index in [1.54, 1.807) is 4.68 Å². The van der Waals surface area contributed by atoms with E-state index < -0.39 is 0 Å². The Morgan fingerprint density at radius 2 is 2.21 bits per heavy atom. The minimum Gasteiger partial charge on any atom is -0.276 e. The first-order valence-electron chi connectivity index (χ1n) is 6.68. The molecule has 0 aliphatic carbocycles. The zero-order valence-electron chi connectivity index (χ0n) is 11.8. The Balaban J connectivity index is 2.23. The number of aromatic nitrogens is 4. The summed E-state index contributed by atoms with van der Waals surface area (Å²) in [6.45, 7) is 5.05. The van der Waals surface area contributed by atoms with Crippen molar-refractivity contribution in [3.05, 3.63) is 35.4 Å². The van der Waals surface area contributed by atoms with Gasteiger partial charge in [0, 0.05) is 19.8 Å². The van der Waals surface area contributed by atoms with E-state index in [2.05, 4.69) is 35.5 Å². The van der Waals surface area contributed by atoms with Crippen LogP contribution in [0.4, 0.5) is 0 Å². The zero-order valence-corrected chi connectivity index (χ0v) is 11.8. The molecule has 2 heterocycles. The van der Waals surface area contributed by atoms with Gasteiger partial charge in [0.25, 0.3) is 0 Å². The van der Waals surface area contributed by atoms with Crippen molar-refractivity contribution >= 4 is 0 Å². The monoisotopic (exact) mass is 262 g/mol. The predicted molar refractivity (Wildman–Crippen MR) is 74.3 cm³/mol. The smallest absolute Gasteiger partial charge is 0.0670 e. The topological polar surface area (TPSA) is 73.7 Å². The lowest BCUT2D eigenvalue weighted by Gasteiger charge is -2.16. The van der Waals surface area contributed by atoms with Crippen LogP contribution < -0.4 is 11.3 Å². The summed E-state index contributed by atoms with van der Waals surface area (Å²) in [5.74, 6) is 5.72. The highest BCUT2D eigenvalue weighted by atomic mass is 15.3. The molecular weight excluding hydrogens is 240 g/mol. The van der Waals surface area contributed by atoms with Crippen LogP contribution in [0, 0.1) is 0 Å². The Morgan fingerprint density at radius 3 is 2.74 bits per heavy atom. The van der Waals surface area contributed by atoms with Crippen molar-refractivity contribution in [3.63, 3.8) is 0 Å². The van der Waals surface area contributed by atoms with Crippen molar-refractivity contribution < 1.29 is 0 Å². The van der Waals surface area contributed by atoms with Crippen LogP contribution in [0.5, 0.6) is 0 Å². The molecular formula is C13H22N6. The van der Waals surface area contributed by atoms with Gasteiger partial charge in [-0.25, -0.2) is 0 Å². The van der Waals surface area contributed by atoms with Crippen LogP contribution in [0.25, 0.3) is 0 Å². The number of nitrogens with one attached hydrogen (secondary N) is 1. The van der Waals surface area contributed by atoms with E-state index in [0.717, 1.165) is 36.3 Å². The van der Waals surface area contributed by atoms with Gasteiger partial charge >= 0.3 is 0 Å². The van der Waals surface area contributed by atoms with Gasteiger partial charge < -0.3 is 0 Å². The fraction of sp³-hybridized carbons (Fsp3) is 0.538. The van der Waals surface area contributed by atoms with E-state index in [4.69, 9.17) is 5.84 Å². The normalized spacial score (nSPS) is 12.8. The fourth-order valence-electron chi connectivity index (χ4n) is 2.26. The van der Waals surface area contributed by atoms with Crippen LogP contribution in [-0.4, -0.2) is 19.6 Å². The summed E-state index contributed by atoms with van der Waals surface area (Å²) in [5, 5.41) is 8.75. The van der Waals surface area contributed by atoms with Gasteiger partial charge in [0.1, 0.15) is 0 Å². The van der Waals surface area contributed by atoms with Crippen molar-refractivity contribution in [2.75, 3.05) is 0 Å². The molecule has 0 fully saturated rings. The summed E-state index contributed by atoms with van der Waals surface area (Å²) >= 11 is 0. The second-order valence-corrected chi connectivity index (χ2v) is 4.68. The molecule has 0 saturated carbocycles. The van der Waals surface area contributed by atoms with Crippen LogP contribution in [0.1, 0.15) is 36.8 Å². The van der Waals surface area contributed by atoms with E-state index >= 15 is 0 Å². The first-order chi connectivity index (χ1) is 9.17. The highest BCUT2D eigenvalue weighted by Crippen LogP contribution is 2.19. The highest BCUT2D eigenvalue weighted by molar-refractivity contribution is 5.18. The van der Waals surface area contributed by atoms with Crippen molar-refractivity contribution in [1.29, 1.82) is 0 Å². The predicted octanol–water partition coefficient (Wildman–Crippen LogP) is 0.946. The Hall–Kier alpha value is -1.66. The molecule has 0 aromatic carbocycles. The highest BCUT2D eigenvalue weighted by Gasteiger charge is 2.17. The number of hydrogen-bond donors (Lipinski definition) is 2. The number of hydrazine groups is 1. The van der Waals surface area contributed by atoms with E-state index in [9.17, 15) is 0 Å². The van der Waals surface area contributed by atoms with Gasteiger partial charge in [0.05, 0.1) is 23.6 Å². The largest absolute Gasteiger partial charge is 0.276 e. The molecule has 6 nitrogen and oxygen atoms in total. The minimum atomic E-state index is 0.0527. The van der Waals surface area contributed by atoms with Crippen LogP contribution in [0.3, 0.4) is 0 Å². The number of rotatable bonds is 6. The molecule has 3 N–H and O–H groups in total. The lowest BCUT2D eigenvalue weighted by molar-refractivity contribution is 0.489. The van der Waals surface area contributed by atoms with Gasteiger partial charge in [-0.05, 0) is 31.4 Å². The number of nitrogens with two attached hydrogens (primary N) is 1. The lowest BCUT2D eigenvalue weighted by atomic mass is 10.1. The average Bonchev–Trinajstić information content (AvgIpc) is 3.01. The third-order valence-corrected chi connectivity index (χ3v) is 3.28. The van der Waals surface area contributed by atoms with Gasteiger partial charge in [-0.1, -0.05) is 6.92 Å². The van der Waals surface area contributed by atoms with Gasteiger partial charge in [-0.15, -0.1) is 0 Å². The molecule has 2 aromatic heterocycles. The third-order valence-electron chi connectivity index (χ3n) is 3.28. The average molecular weight is 262 g/mol. The molecule has 0 saturated heterocycles. The third kappa shape index (κ3) is 3.02. The number of nitrogens with zero attached hydrogens (tertiary/aromatic N) is 4. The van der Waals surface area contributed by atoms with Gasteiger partial charge in [-0.2, -0.15) is 10.2 Å². The SMILES string of the molecule is CCc1cc(C(Cc2cnn(C)c2)NN)n(CC)n1. The van der Waals surface area contributed by atoms with Gasteiger partial charge in [0.2, 0.25) is 0 Å². The van der Waals surface area contributed by atoms with Crippen LogP contribution in [0.15, 0.2) is 18.5 Å². The second-order valence-electron chi connectivity index (χ2n) is 4.68. The van der Waals surface area contributed by atoms with Crippen LogP contribution in [-0.2, 0) is 26.4 Å². The van der Waals surface area contributed by atoms with Crippen molar-refractivity contribution in [2.45, 2.75) is 39.3 Å². The van der Waals surface area contributed by atoms with E-state index in [1.165, 1.54) is 0 Å². The molecule has 6 heteroatoms. The van der Waals surface area contributed by atoms with E-state index in [1.807, 2.05) is 24.1 Å². The number of hydrogen-bond acceptors (Lipinski definition) is 4. The molecule has 1 unspecified atom stereocenters. The molecule has 104 valence electrons. The van der Waals surface area contributed by atoms with Crippen LogP contribution in [0.2, 0.25) is 0 Å². The lowest BCUT2D eigenvalue weighted by Crippen LogP contribution is -2.31. The van der Waals surface area contributed by atoms with Crippen molar-refractivity contribution in [1.82, 2.24) is 25.0 Å². The molecule has 1 atom stereocenters. The Bertz CT molecular complexity index is 527. The summed E-state index contributed by atoms with van der Waals surface area (Å²) in [5.41, 5.74) is 6.28. The summed E-state index contributed by atoms with van der Waals surface area (Å²) in [7, 11) is 1.92. The summed E-state index contributed by atoms with van der Waals surface area (Å²) in [6.07, 6.45) is 5.62. The van der Waals surface area contributed by atoms with Crippen molar-refractivity contribution in [2.24, 2.45) is 12.9 Å². The van der Waals surface area contributed by atoms with Gasteiger partial charge in [0.15, 0.2) is 0 Å². The minimum absolute atomic E-state index is 0.0527. The Kier molecular flexibility index (Phi) is 4.34. The quantitative estimate of drug-likeness (QED) is 0.600. The zero-order chi connectivity index (χ0) is 13.8. The van der Waals surface area contributed by atoms with E-state index in [0.29, 0.717) is 0 Å². The molecule has 0 aliphatic heterocycles. The molecule has 0 radical (unpaired) electrons. The molecule has 0 spiro atoms. The maximum Gasteiger partial charge on any atom is 0.0670 e. The maximum atomic E-state index is 5.72. The molecule has 0 bridgehead atoms. The summed E-state index contributed by atoms with van der Waals surface area (Å²) in [4.78, 5) is 0. The van der Waals surface area contributed by atoms with Gasteiger partial charge in [-0.3, -0.25) is 20.6 Å². The molecule has 19 heavy (non-hydrogen) atoms. The fourth-order valence-corrected chi connectivity index (χ4v) is 2.26. The maximum absolute atomic E-state index is 5.72. The Labute approximate surface area is 113 Å². The molecule has 2 aromatic rings. The molecule has 0 amide bonds. The second kappa shape index (κ2) is 5.99. The summed E-state index contributed by atoms with van der Waals surface area (Å²) in [6, 6.07) is 2.18. The Morgan fingerprint density at radius 1 is 1.42 bits per heavy atom. The molecule has 0 aliphatic rings. The first kappa shape index (κ1) is 13.8. The standard InChI is InChI=1S/C13H22N6/c1-4-11-7-13(19(5-2)17-11)12(16-14)6-10-8-15-18(3)9-10/h7-9,12,16H,4-6,14H2,1-3H3. The number of aryl methyl sites for hydroxylation is 3. The van der Waals surface area contributed by atoms with Crippen LogP contribution >= 0.6 is 0 Å². The molecule has 2 rings (SSSR count). The van der Waals surface area contributed by atoms with Crippen molar-refractivity contribution in [3.8, 4) is 0 Å². The summed E-state index contributed by atoms with van der Waals surface area (Å²) < 4.78 is 3.82. The first-order valence-corrected chi connectivity index (χ1v) is 6.68.